The van der Waals surface area contributed by atoms with Gasteiger partial charge < -0.3 is 5.11 Å². The number of hydrogen-bond donors (Lipinski definition) is 1. The van der Waals surface area contributed by atoms with Gasteiger partial charge in [-0.05, 0) is 26.0 Å². The lowest BCUT2D eigenvalue weighted by Crippen LogP contribution is -2.39. The van der Waals surface area contributed by atoms with Crippen molar-refractivity contribution in [2.24, 2.45) is 0 Å². The van der Waals surface area contributed by atoms with Crippen molar-refractivity contribution in [3.05, 3.63) is 29.6 Å². The molecule has 1 spiro atoms. The quantitative estimate of drug-likeness (QED) is 0.614. The first-order chi connectivity index (χ1) is 8.48. The van der Waals surface area contributed by atoms with Crippen LogP contribution in [0.3, 0.4) is 0 Å². The Hall–Kier alpha value is -1.42. The maximum Gasteiger partial charge on any atom is 0.311 e. The van der Waals surface area contributed by atoms with Gasteiger partial charge in [0.25, 0.3) is 0 Å². The van der Waals surface area contributed by atoms with E-state index < -0.39 is 11.9 Å². The monoisotopic (exact) mass is 250 g/mol. The highest BCUT2D eigenvalue weighted by atomic mass is 19.1. The summed E-state index contributed by atoms with van der Waals surface area (Å²) in [5.74, 6) is -1.75. The zero-order chi connectivity index (χ0) is 13.1. The molecule has 2 aliphatic rings. The number of quaternary nitrogens is 1. The Balaban J connectivity index is 2.15. The van der Waals surface area contributed by atoms with Crippen molar-refractivity contribution in [2.75, 3.05) is 6.54 Å². The van der Waals surface area contributed by atoms with Crippen LogP contribution in [0, 0.1) is 5.82 Å². The van der Waals surface area contributed by atoms with Crippen LogP contribution in [0.25, 0.3) is 0 Å². The third-order valence-corrected chi connectivity index (χ3v) is 4.96. The molecule has 1 fully saturated rings. The van der Waals surface area contributed by atoms with Gasteiger partial charge in [-0.3, -0.25) is 9.28 Å². The van der Waals surface area contributed by atoms with E-state index in [1.807, 2.05) is 0 Å². The van der Waals surface area contributed by atoms with Gasteiger partial charge in [0.1, 0.15) is 23.6 Å². The summed E-state index contributed by atoms with van der Waals surface area (Å²) in [6.07, 6.45) is 0.598. The molecule has 3 rings (SSSR count). The van der Waals surface area contributed by atoms with Crippen LogP contribution in [0.5, 0.6) is 0 Å². The summed E-state index contributed by atoms with van der Waals surface area (Å²) in [7, 11) is 0. The number of carboxylic acids is 1. The minimum atomic E-state index is -0.846. The predicted molar refractivity (Wildman–Crippen MR) is 67.0 cm³/mol. The number of hydrogen-bond acceptors (Lipinski definition) is 1. The lowest BCUT2D eigenvalue weighted by molar-refractivity contribution is -0.139. The van der Waals surface area contributed by atoms with E-state index in [9.17, 15) is 14.3 Å². The van der Waals surface area contributed by atoms with Crippen LogP contribution in [-0.4, -0.2) is 29.7 Å². The molecule has 0 bridgehead atoms. The van der Waals surface area contributed by atoms with E-state index in [0.717, 1.165) is 16.7 Å². The van der Waals surface area contributed by atoms with Crippen molar-refractivity contribution in [3.63, 3.8) is 0 Å². The fraction of sp³-hybridized carbons (Fsp3) is 0.500. The van der Waals surface area contributed by atoms with Crippen molar-refractivity contribution < 1.29 is 14.3 Å². The largest absolute Gasteiger partial charge is 0.481 e. The van der Waals surface area contributed by atoms with Crippen LogP contribution >= 0.6 is 0 Å². The summed E-state index contributed by atoms with van der Waals surface area (Å²) in [5.41, 5.74) is 1.68. The topological polar surface area (TPSA) is 37.3 Å². The second-order valence-corrected chi connectivity index (χ2v) is 5.52. The van der Waals surface area contributed by atoms with Crippen molar-refractivity contribution in [1.29, 1.82) is 0 Å². The number of nitrogens with zero attached hydrogens (tertiary/aromatic N) is 1. The van der Waals surface area contributed by atoms with Gasteiger partial charge in [0, 0.05) is 18.1 Å². The Morgan fingerprint density at radius 2 is 2.06 bits per heavy atom. The molecule has 0 aromatic heterocycles. The van der Waals surface area contributed by atoms with Crippen molar-refractivity contribution in [1.82, 2.24) is 4.48 Å². The Bertz CT molecular complexity index is 521. The smallest absolute Gasteiger partial charge is 0.311 e. The molecule has 0 saturated carbocycles. The fourth-order valence-corrected chi connectivity index (χ4v) is 3.67. The molecule has 3 nitrogen and oxygen atoms in total. The molecule has 1 aromatic rings. The average molecular weight is 250 g/mol. The maximum absolute atomic E-state index is 13.4. The molecular weight excluding hydrogens is 233 g/mol. The van der Waals surface area contributed by atoms with E-state index in [2.05, 4.69) is 13.8 Å². The van der Waals surface area contributed by atoms with E-state index >= 15 is 0 Å². The van der Waals surface area contributed by atoms with Gasteiger partial charge in [-0.15, -0.1) is 0 Å². The minimum Gasteiger partial charge on any atom is -0.481 e. The van der Waals surface area contributed by atoms with Gasteiger partial charge in [0.15, 0.2) is 0 Å². The molecule has 1 N–H and O–H groups in total. The molecule has 1 saturated heterocycles. The van der Waals surface area contributed by atoms with E-state index in [0.29, 0.717) is 24.1 Å². The first-order valence-corrected chi connectivity index (χ1v) is 6.38. The number of benzene rings is 1. The Morgan fingerprint density at radius 3 is 2.61 bits per heavy atom. The Kier molecular flexibility index (Phi) is 2.29. The van der Waals surface area contributed by atoms with Gasteiger partial charge >= 0.3 is 5.97 Å². The van der Waals surface area contributed by atoms with Crippen molar-refractivity contribution >= 4 is 11.7 Å². The molecule has 0 amide bonds. The number of carboxylic acid groups (broad SMARTS) is 1. The van der Waals surface area contributed by atoms with Crippen LogP contribution in [0.4, 0.5) is 10.1 Å². The first kappa shape index (κ1) is 11.7. The molecule has 2 aliphatic heterocycles. The fourth-order valence-electron chi connectivity index (χ4n) is 3.67. The molecule has 0 aliphatic carbocycles. The highest BCUT2D eigenvalue weighted by Crippen LogP contribution is 2.52. The standard InChI is InChI=1S/C14H16FNO2/c1-8-9(2)16(8)6-5-11(14(17)18)12-7-10(15)3-4-13(12)16/h3-4,7-9,11H,5-6H2,1-2H3/p+1. The predicted octanol–water partition coefficient (Wildman–Crippen LogP) is 2.50. The van der Waals surface area contributed by atoms with E-state index in [1.54, 1.807) is 6.07 Å². The highest BCUT2D eigenvalue weighted by Gasteiger charge is 2.64. The van der Waals surface area contributed by atoms with Crippen LogP contribution in [0.1, 0.15) is 31.7 Å². The summed E-state index contributed by atoms with van der Waals surface area (Å²) >= 11 is 0. The number of fused-ring (bicyclic) bond motifs is 2. The van der Waals surface area contributed by atoms with Crippen LogP contribution in [0.2, 0.25) is 0 Å². The average Bonchev–Trinajstić information content (AvgIpc) is 2.83. The number of halogens is 1. The third kappa shape index (κ3) is 1.29. The maximum atomic E-state index is 13.4. The normalized spacial score (nSPS) is 37.4. The van der Waals surface area contributed by atoms with Crippen molar-refractivity contribution in [2.45, 2.75) is 38.3 Å². The number of aliphatic carboxylic acids is 1. The zero-order valence-electron chi connectivity index (χ0n) is 10.6. The number of rotatable bonds is 1. The SMILES string of the molecule is CC1C(C)[N+]12CCC(C(=O)O)c1cc(F)ccc12. The van der Waals surface area contributed by atoms with Crippen LogP contribution in [-0.2, 0) is 4.79 Å². The molecule has 1 aromatic carbocycles. The van der Waals surface area contributed by atoms with E-state index in [4.69, 9.17) is 0 Å². The van der Waals surface area contributed by atoms with E-state index in [-0.39, 0.29) is 5.82 Å². The molecule has 4 heteroatoms. The van der Waals surface area contributed by atoms with Gasteiger partial charge in [-0.25, -0.2) is 4.39 Å². The van der Waals surface area contributed by atoms with E-state index in [1.165, 1.54) is 12.1 Å². The Labute approximate surface area is 105 Å². The van der Waals surface area contributed by atoms with Crippen LogP contribution in [0.15, 0.2) is 18.2 Å². The molecule has 3 atom stereocenters. The van der Waals surface area contributed by atoms with Gasteiger partial charge in [-0.1, -0.05) is 0 Å². The molecule has 0 radical (unpaired) electrons. The summed E-state index contributed by atoms with van der Waals surface area (Å²) in [4.78, 5) is 11.3. The Morgan fingerprint density at radius 1 is 1.39 bits per heavy atom. The van der Waals surface area contributed by atoms with Crippen LogP contribution < -0.4 is 4.48 Å². The molecule has 3 unspecified atom stereocenters. The lowest BCUT2D eigenvalue weighted by atomic mass is 9.89. The summed E-state index contributed by atoms with van der Waals surface area (Å²) in [6, 6.07) is 5.64. The van der Waals surface area contributed by atoms with Gasteiger partial charge in [0.2, 0.25) is 0 Å². The second-order valence-electron chi connectivity index (χ2n) is 5.52. The van der Waals surface area contributed by atoms with Gasteiger partial charge in [0.05, 0.1) is 12.5 Å². The summed E-state index contributed by atoms with van der Waals surface area (Å²) in [6.45, 7) is 5.20. The lowest BCUT2D eigenvalue weighted by Gasteiger charge is -2.31. The molecule has 96 valence electrons. The zero-order valence-corrected chi connectivity index (χ0v) is 10.6. The molecular formula is C14H17FNO2+. The van der Waals surface area contributed by atoms with Crippen molar-refractivity contribution in [3.8, 4) is 0 Å². The first-order valence-electron chi connectivity index (χ1n) is 6.38. The number of carbonyl (C=O) groups is 1. The molecule has 2 heterocycles. The molecule has 18 heavy (non-hydrogen) atoms. The second kappa shape index (κ2) is 3.54. The van der Waals surface area contributed by atoms with Gasteiger partial charge in [-0.2, -0.15) is 0 Å². The third-order valence-electron chi connectivity index (χ3n) is 4.96. The highest BCUT2D eigenvalue weighted by molar-refractivity contribution is 5.80. The minimum absolute atomic E-state index is 0.345. The summed E-state index contributed by atoms with van der Waals surface area (Å²) in [5, 5.41) is 9.27. The summed E-state index contributed by atoms with van der Waals surface area (Å²) < 4.78 is 14.2.